The maximum atomic E-state index is 5.96. The summed E-state index contributed by atoms with van der Waals surface area (Å²) in [6.07, 6.45) is 0. The molecule has 102 valence electrons. The summed E-state index contributed by atoms with van der Waals surface area (Å²) in [5.74, 6) is 0.963. The Hall–Kier alpha value is -1.24. The van der Waals surface area contributed by atoms with E-state index in [0.717, 1.165) is 26.5 Å². The van der Waals surface area contributed by atoms with Gasteiger partial charge in [0, 0.05) is 6.07 Å². The van der Waals surface area contributed by atoms with Crippen LogP contribution in [-0.4, -0.2) is 20.3 Å². The monoisotopic (exact) mass is 322 g/mol. The van der Waals surface area contributed by atoms with Crippen LogP contribution in [0.2, 0.25) is 5.15 Å². The van der Waals surface area contributed by atoms with Crippen molar-refractivity contribution in [3.8, 4) is 0 Å². The number of aromatic nitrogens is 2. The van der Waals surface area contributed by atoms with Gasteiger partial charge < -0.3 is 0 Å². The Balaban J connectivity index is 2.08. The van der Waals surface area contributed by atoms with Crippen molar-refractivity contribution >= 4 is 50.9 Å². The molecule has 1 aliphatic rings. The molecule has 0 saturated heterocycles. The second-order valence-electron chi connectivity index (χ2n) is 3.91. The number of thioether (sulfide) groups is 2. The lowest BCUT2D eigenvalue weighted by Crippen LogP contribution is -2.17. The number of hydrazone groups is 1. The third-order valence-electron chi connectivity index (χ3n) is 2.57. The summed E-state index contributed by atoms with van der Waals surface area (Å²) in [6, 6.07) is 11.7. The van der Waals surface area contributed by atoms with E-state index in [1.807, 2.05) is 35.3 Å². The van der Waals surface area contributed by atoms with Gasteiger partial charge in [0.2, 0.25) is 0 Å². The molecule has 0 aliphatic carbocycles. The Morgan fingerprint density at radius 1 is 1.25 bits per heavy atom. The smallest absolute Gasteiger partial charge is 0.157 e. The first-order valence-corrected chi connectivity index (χ1v) is 8.23. The summed E-state index contributed by atoms with van der Waals surface area (Å²) < 4.78 is 0.959. The first kappa shape index (κ1) is 13.7. The minimum absolute atomic E-state index is 0.368. The Morgan fingerprint density at radius 2 is 2.05 bits per heavy atom. The van der Waals surface area contributed by atoms with Crippen LogP contribution in [0, 0.1) is 0 Å². The predicted molar refractivity (Wildman–Crippen MR) is 87.0 cm³/mol. The average molecular weight is 323 g/mol. The molecular formula is C13H11ClN4S2. The van der Waals surface area contributed by atoms with Crippen molar-refractivity contribution in [2.24, 2.45) is 5.10 Å². The van der Waals surface area contributed by atoms with E-state index in [1.54, 1.807) is 17.8 Å². The SMILES string of the molecule is CCSC1=NN(c2ccccc2)c2cc(Cl)nnc2S1. The van der Waals surface area contributed by atoms with Crippen LogP contribution < -0.4 is 5.01 Å². The van der Waals surface area contributed by atoms with E-state index in [-0.39, 0.29) is 0 Å². The van der Waals surface area contributed by atoms with Crippen molar-refractivity contribution in [2.45, 2.75) is 11.9 Å². The van der Waals surface area contributed by atoms with Crippen molar-refractivity contribution in [3.05, 3.63) is 41.6 Å². The van der Waals surface area contributed by atoms with Crippen LogP contribution in [0.3, 0.4) is 0 Å². The van der Waals surface area contributed by atoms with Crippen molar-refractivity contribution in [3.63, 3.8) is 0 Å². The zero-order valence-electron chi connectivity index (χ0n) is 10.7. The largest absolute Gasteiger partial charge is 0.229 e. The van der Waals surface area contributed by atoms with E-state index >= 15 is 0 Å². The van der Waals surface area contributed by atoms with Gasteiger partial charge in [-0.15, -0.1) is 10.2 Å². The van der Waals surface area contributed by atoms with Crippen molar-refractivity contribution in [1.29, 1.82) is 0 Å². The number of rotatable bonds is 2. The van der Waals surface area contributed by atoms with Gasteiger partial charge in [-0.3, -0.25) is 0 Å². The summed E-state index contributed by atoms with van der Waals surface area (Å²) >= 11 is 9.18. The quantitative estimate of drug-likeness (QED) is 0.819. The van der Waals surface area contributed by atoms with Gasteiger partial charge in [-0.2, -0.15) is 5.10 Å². The maximum Gasteiger partial charge on any atom is 0.157 e. The van der Waals surface area contributed by atoms with Gasteiger partial charge in [0.15, 0.2) is 14.6 Å². The minimum Gasteiger partial charge on any atom is -0.229 e. The highest BCUT2D eigenvalue weighted by Crippen LogP contribution is 2.41. The minimum atomic E-state index is 0.368. The van der Waals surface area contributed by atoms with E-state index in [4.69, 9.17) is 11.6 Å². The summed E-state index contributed by atoms with van der Waals surface area (Å²) in [4.78, 5) is 0. The highest BCUT2D eigenvalue weighted by molar-refractivity contribution is 8.38. The topological polar surface area (TPSA) is 41.4 Å². The zero-order valence-corrected chi connectivity index (χ0v) is 13.0. The first-order valence-electron chi connectivity index (χ1n) is 6.05. The number of benzene rings is 1. The normalized spacial score (nSPS) is 13.9. The summed E-state index contributed by atoms with van der Waals surface area (Å²) in [6.45, 7) is 2.10. The molecular weight excluding hydrogens is 312 g/mol. The zero-order chi connectivity index (χ0) is 13.9. The summed E-state index contributed by atoms with van der Waals surface area (Å²) in [7, 11) is 0. The summed E-state index contributed by atoms with van der Waals surface area (Å²) in [5, 5.41) is 15.8. The predicted octanol–water partition coefficient (Wildman–Crippen LogP) is 4.40. The Labute approximate surface area is 130 Å². The molecule has 0 bridgehead atoms. The van der Waals surface area contributed by atoms with Gasteiger partial charge in [-0.1, -0.05) is 48.5 Å². The van der Waals surface area contributed by atoms with Gasteiger partial charge in [-0.05, 0) is 29.6 Å². The second-order valence-corrected chi connectivity index (χ2v) is 6.78. The lowest BCUT2D eigenvalue weighted by atomic mass is 10.3. The fraction of sp³-hybridized carbons (Fsp3) is 0.154. The standard InChI is InChI=1S/C13H11ClN4S2/c1-2-19-13-17-18(9-6-4-3-5-7-9)10-8-11(14)15-16-12(10)20-13/h3-8H,2H2,1H3. The number of fused-ring (bicyclic) bond motifs is 1. The number of hydrogen-bond acceptors (Lipinski definition) is 6. The van der Waals surface area contributed by atoms with Crippen LogP contribution in [0.5, 0.6) is 0 Å². The van der Waals surface area contributed by atoms with Gasteiger partial charge in [0.25, 0.3) is 0 Å². The third-order valence-corrected chi connectivity index (χ3v) is 4.72. The molecule has 7 heteroatoms. The molecule has 0 N–H and O–H groups in total. The summed E-state index contributed by atoms with van der Waals surface area (Å²) in [5.41, 5.74) is 1.84. The molecule has 4 nitrogen and oxygen atoms in total. The van der Waals surface area contributed by atoms with Crippen LogP contribution in [0.1, 0.15) is 6.92 Å². The molecule has 1 aliphatic heterocycles. The number of halogens is 1. The van der Waals surface area contributed by atoms with E-state index in [9.17, 15) is 0 Å². The van der Waals surface area contributed by atoms with Gasteiger partial charge in [0.05, 0.1) is 5.69 Å². The van der Waals surface area contributed by atoms with Gasteiger partial charge in [-0.25, -0.2) is 5.01 Å². The van der Waals surface area contributed by atoms with E-state index < -0.39 is 0 Å². The Morgan fingerprint density at radius 3 is 2.80 bits per heavy atom. The lowest BCUT2D eigenvalue weighted by molar-refractivity contribution is 0.902. The molecule has 2 aromatic rings. The number of nitrogens with zero attached hydrogens (tertiary/aromatic N) is 4. The molecule has 2 heterocycles. The Kier molecular flexibility index (Phi) is 4.14. The van der Waals surface area contributed by atoms with E-state index in [1.165, 1.54) is 11.8 Å². The van der Waals surface area contributed by atoms with Crippen LogP contribution in [0.25, 0.3) is 0 Å². The molecule has 1 aromatic carbocycles. The van der Waals surface area contributed by atoms with E-state index in [2.05, 4.69) is 22.2 Å². The molecule has 0 saturated carbocycles. The highest BCUT2D eigenvalue weighted by atomic mass is 35.5. The van der Waals surface area contributed by atoms with Crippen molar-refractivity contribution in [2.75, 3.05) is 10.8 Å². The molecule has 0 atom stereocenters. The maximum absolute atomic E-state index is 5.96. The molecule has 0 radical (unpaired) electrons. The molecule has 0 fully saturated rings. The van der Waals surface area contributed by atoms with Crippen LogP contribution in [-0.2, 0) is 0 Å². The number of anilines is 2. The highest BCUT2D eigenvalue weighted by Gasteiger charge is 2.23. The second kappa shape index (κ2) is 6.03. The van der Waals surface area contributed by atoms with Crippen molar-refractivity contribution in [1.82, 2.24) is 10.2 Å². The van der Waals surface area contributed by atoms with Crippen LogP contribution >= 0.6 is 35.1 Å². The molecule has 0 amide bonds. The fourth-order valence-corrected chi connectivity index (χ4v) is 3.73. The average Bonchev–Trinajstić information content (AvgIpc) is 2.48. The van der Waals surface area contributed by atoms with E-state index in [0.29, 0.717) is 5.15 Å². The van der Waals surface area contributed by atoms with Gasteiger partial charge >= 0.3 is 0 Å². The number of hydrogen-bond donors (Lipinski definition) is 0. The molecule has 3 rings (SSSR count). The molecule has 20 heavy (non-hydrogen) atoms. The third kappa shape index (κ3) is 2.77. The lowest BCUT2D eigenvalue weighted by Gasteiger charge is -2.25. The molecule has 1 aromatic heterocycles. The molecule has 0 unspecified atom stereocenters. The first-order chi connectivity index (χ1) is 9.78. The fourth-order valence-electron chi connectivity index (χ4n) is 1.76. The van der Waals surface area contributed by atoms with Gasteiger partial charge in [0.1, 0.15) is 5.69 Å². The molecule has 0 spiro atoms. The number of para-hydroxylation sites is 1. The van der Waals surface area contributed by atoms with Crippen LogP contribution in [0.15, 0.2) is 46.5 Å². The Bertz CT molecular complexity index is 648. The van der Waals surface area contributed by atoms with Crippen molar-refractivity contribution < 1.29 is 0 Å². The van der Waals surface area contributed by atoms with Crippen LogP contribution in [0.4, 0.5) is 11.4 Å².